The second-order valence-electron chi connectivity index (χ2n) is 8.59. The third kappa shape index (κ3) is 6.31. The highest BCUT2D eigenvalue weighted by molar-refractivity contribution is 7.98. The van der Waals surface area contributed by atoms with Crippen LogP contribution in [0.1, 0.15) is 46.0 Å². The summed E-state index contributed by atoms with van der Waals surface area (Å²) < 4.78 is 58.8. The molecule has 1 unspecified atom stereocenters. The van der Waals surface area contributed by atoms with E-state index >= 15 is 0 Å². The first-order valence-electron chi connectivity index (χ1n) is 12.0. The number of carbonyl (C=O) groups excluding carboxylic acids is 1. The van der Waals surface area contributed by atoms with Crippen molar-refractivity contribution in [2.45, 2.75) is 67.8 Å². The summed E-state index contributed by atoms with van der Waals surface area (Å²) in [6.07, 6.45) is 6.76. The Morgan fingerprint density at radius 2 is 2.00 bits per heavy atom. The zero-order chi connectivity index (χ0) is 25.6. The van der Waals surface area contributed by atoms with Crippen molar-refractivity contribution in [3.8, 4) is 5.75 Å². The van der Waals surface area contributed by atoms with Crippen LogP contribution in [0.4, 0.5) is 10.1 Å². The predicted molar refractivity (Wildman–Crippen MR) is 134 cm³/mol. The first-order valence-corrected chi connectivity index (χ1v) is 14.6. The van der Waals surface area contributed by atoms with Gasteiger partial charge in [-0.2, -0.15) is 8.70 Å². The second kappa shape index (κ2) is 12.4. The Bertz CT molecular complexity index is 1030. The average Bonchev–Trinajstić information content (AvgIpc) is 2.94. The molecule has 0 amide bonds. The minimum Gasteiger partial charge on any atom is -0.461 e. The van der Waals surface area contributed by atoms with E-state index in [1.807, 2.05) is 6.26 Å². The predicted octanol–water partition coefficient (Wildman–Crippen LogP) is 4.34. The molecule has 1 aromatic rings. The van der Waals surface area contributed by atoms with Gasteiger partial charge >= 0.3 is 5.97 Å². The minimum absolute atomic E-state index is 0.0286. The third-order valence-corrected chi connectivity index (χ3v) is 9.11. The van der Waals surface area contributed by atoms with Gasteiger partial charge in [-0.05, 0) is 38.5 Å². The SMILES string of the molecule is CCCCC1CN(C2CCOCC2)c2cc(SC)c(O/C=C(\F)C(=O)OCC)cc2S(=O)(=O)N1C. The zero-order valence-electron chi connectivity index (χ0n) is 20.8. The van der Waals surface area contributed by atoms with Crippen molar-refractivity contribution in [1.82, 2.24) is 4.31 Å². The lowest BCUT2D eigenvalue weighted by atomic mass is 10.0. The van der Waals surface area contributed by atoms with Crippen LogP contribution in [-0.2, 0) is 24.3 Å². The van der Waals surface area contributed by atoms with Crippen molar-refractivity contribution in [3.05, 3.63) is 24.2 Å². The molecule has 1 saturated heterocycles. The molecule has 0 radical (unpaired) electrons. The van der Waals surface area contributed by atoms with Crippen molar-refractivity contribution >= 4 is 33.4 Å². The van der Waals surface area contributed by atoms with Gasteiger partial charge in [-0.15, -0.1) is 11.8 Å². The molecule has 0 bridgehead atoms. The molecule has 2 aliphatic rings. The maximum absolute atomic E-state index is 14.1. The summed E-state index contributed by atoms with van der Waals surface area (Å²) in [4.78, 5) is 14.6. The summed E-state index contributed by atoms with van der Waals surface area (Å²) in [7, 11) is -2.23. The number of benzene rings is 1. The zero-order valence-corrected chi connectivity index (χ0v) is 22.4. The molecule has 0 aliphatic carbocycles. The number of anilines is 1. The Morgan fingerprint density at radius 1 is 1.29 bits per heavy atom. The number of rotatable bonds is 9. The molecule has 0 spiro atoms. The lowest BCUT2D eigenvalue weighted by Gasteiger charge is -2.38. The van der Waals surface area contributed by atoms with E-state index in [-0.39, 0.29) is 29.3 Å². The van der Waals surface area contributed by atoms with Gasteiger partial charge < -0.3 is 19.1 Å². The van der Waals surface area contributed by atoms with Gasteiger partial charge in [-0.3, -0.25) is 0 Å². The molecular weight excluding hydrogens is 495 g/mol. The number of carbonyl (C=O) groups is 1. The van der Waals surface area contributed by atoms with E-state index < -0.39 is 21.8 Å². The first-order chi connectivity index (χ1) is 16.7. The van der Waals surface area contributed by atoms with E-state index in [4.69, 9.17) is 9.47 Å². The Kier molecular flexibility index (Phi) is 9.86. The molecular formula is C24H35FN2O6S2. The van der Waals surface area contributed by atoms with Gasteiger partial charge in [-0.25, -0.2) is 13.2 Å². The maximum Gasteiger partial charge on any atom is 0.370 e. The van der Waals surface area contributed by atoms with Crippen molar-refractivity contribution in [1.29, 1.82) is 0 Å². The van der Waals surface area contributed by atoms with E-state index in [0.29, 0.717) is 36.6 Å². The highest BCUT2D eigenvalue weighted by Gasteiger charge is 2.39. The number of hydrogen-bond acceptors (Lipinski definition) is 8. The highest BCUT2D eigenvalue weighted by atomic mass is 32.2. The van der Waals surface area contributed by atoms with Gasteiger partial charge in [0.25, 0.3) is 0 Å². The summed E-state index contributed by atoms with van der Waals surface area (Å²) in [6.45, 7) is 5.54. The fraction of sp³-hybridized carbons (Fsp3) is 0.625. The number of nitrogens with zero attached hydrogens (tertiary/aromatic N) is 2. The van der Waals surface area contributed by atoms with Crippen molar-refractivity contribution in [3.63, 3.8) is 0 Å². The van der Waals surface area contributed by atoms with Gasteiger partial charge in [0.1, 0.15) is 16.9 Å². The molecule has 0 N–H and O–H groups in total. The number of ether oxygens (including phenoxy) is 3. The molecule has 3 rings (SSSR count). The molecule has 8 nitrogen and oxygen atoms in total. The first kappa shape index (κ1) is 27.8. The van der Waals surface area contributed by atoms with E-state index in [1.165, 1.54) is 22.1 Å². The van der Waals surface area contributed by atoms with Gasteiger partial charge in [0.2, 0.25) is 15.9 Å². The number of thioether (sulfide) groups is 1. The summed E-state index contributed by atoms with van der Waals surface area (Å²) in [6, 6.07) is 3.21. The number of fused-ring (bicyclic) bond motifs is 1. The molecule has 196 valence electrons. The maximum atomic E-state index is 14.1. The number of hydrogen-bond donors (Lipinski definition) is 0. The third-order valence-electron chi connectivity index (χ3n) is 6.42. The normalized spacial score (nSPS) is 21.3. The summed E-state index contributed by atoms with van der Waals surface area (Å²) >= 11 is 1.36. The summed E-state index contributed by atoms with van der Waals surface area (Å²) in [5.74, 6) is -2.17. The molecule has 11 heteroatoms. The van der Waals surface area contributed by atoms with Crippen molar-refractivity contribution in [2.75, 3.05) is 44.6 Å². The lowest BCUT2D eigenvalue weighted by Crippen LogP contribution is -2.46. The fourth-order valence-electron chi connectivity index (χ4n) is 4.42. The molecule has 1 aromatic carbocycles. The quantitative estimate of drug-likeness (QED) is 0.202. The van der Waals surface area contributed by atoms with Crippen molar-refractivity contribution in [2.24, 2.45) is 0 Å². The number of sulfonamides is 1. The van der Waals surface area contributed by atoms with Crippen LogP contribution in [0.2, 0.25) is 0 Å². The van der Waals surface area contributed by atoms with Crippen LogP contribution in [0.15, 0.2) is 34.0 Å². The van der Waals surface area contributed by atoms with Gasteiger partial charge in [0.15, 0.2) is 0 Å². The standard InChI is InChI=1S/C24H35FN2O6S2/c1-5-7-8-18-15-27(17-9-11-31-12-10-17)20-13-22(34-4)21(14-23(20)35(29,30)26(18)3)33-16-19(25)24(28)32-6-2/h13-14,16-18H,5-12,15H2,1-4H3/b19-16-. The highest BCUT2D eigenvalue weighted by Crippen LogP contribution is 2.42. The van der Waals surface area contributed by atoms with Gasteiger partial charge in [0, 0.05) is 45.0 Å². The lowest BCUT2D eigenvalue weighted by molar-refractivity contribution is -0.140. The molecule has 2 aliphatic heterocycles. The van der Waals surface area contributed by atoms with E-state index in [9.17, 15) is 17.6 Å². The molecule has 35 heavy (non-hydrogen) atoms. The van der Waals surface area contributed by atoms with Crippen LogP contribution in [0, 0.1) is 0 Å². The van der Waals surface area contributed by atoms with Crippen LogP contribution >= 0.6 is 11.8 Å². The Hall–Kier alpha value is -1.82. The number of esters is 1. The minimum atomic E-state index is -3.85. The van der Waals surface area contributed by atoms with E-state index in [1.54, 1.807) is 20.0 Å². The number of halogens is 1. The monoisotopic (exact) mass is 530 g/mol. The topological polar surface area (TPSA) is 85.4 Å². The molecule has 1 atom stereocenters. The molecule has 0 aromatic heterocycles. The van der Waals surface area contributed by atoms with Crippen LogP contribution in [0.25, 0.3) is 0 Å². The largest absolute Gasteiger partial charge is 0.461 e. The van der Waals surface area contributed by atoms with Crippen LogP contribution in [0.5, 0.6) is 5.75 Å². The Balaban J connectivity index is 2.09. The van der Waals surface area contributed by atoms with E-state index in [0.717, 1.165) is 32.1 Å². The molecule has 1 fully saturated rings. The van der Waals surface area contributed by atoms with Gasteiger partial charge in [-0.1, -0.05) is 19.8 Å². The Labute approximate surface area is 211 Å². The van der Waals surface area contributed by atoms with Gasteiger partial charge in [0.05, 0.1) is 17.2 Å². The number of unbranched alkanes of at least 4 members (excludes halogenated alkanes) is 1. The van der Waals surface area contributed by atoms with Crippen LogP contribution < -0.4 is 9.64 Å². The summed E-state index contributed by atoms with van der Waals surface area (Å²) in [5, 5.41) is 0. The second-order valence-corrected chi connectivity index (χ2v) is 11.4. The molecule has 2 heterocycles. The average molecular weight is 531 g/mol. The van der Waals surface area contributed by atoms with Crippen LogP contribution in [0.3, 0.4) is 0 Å². The fourth-order valence-corrected chi connectivity index (χ4v) is 6.53. The van der Waals surface area contributed by atoms with Crippen LogP contribution in [-0.4, -0.2) is 70.4 Å². The number of likely N-dealkylation sites (N-methyl/N-ethyl adjacent to an activating group) is 1. The smallest absolute Gasteiger partial charge is 0.370 e. The van der Waals surface area contributed by atoms with E-state index in [2.05, 4.69) is 16.6 Å². The molecule has 0 saturated carbocycles. The Morgan fingerprint density at radius 3 is 2.63 bits per heavy atom. The summed E-state index contributed by atoms with van der Waals surface area (Å²) in [5.41, 5.74) is 0.620. The van der Waals surface area contributed by atoms with Crippen molar-refractivity contribution < 1.29 is 31.8 Å².